The van der Waals surface area contributed by atoms with Crippen LogP contribution >= 0.6 is 0 Å². The molecule has 0 saturated heterocycles. The van der Waals surface area contributed by atoms with Gasteiger partial charge in [0.25, 0.3) is 0 Å². The summed E-state index contributed by atoms with van der Waals surface area (Å²) in [5.74, 6) is 1.78. The minimum absolute atomic E-state index is 0.279. The number of hydrogen-bond donors (Lipinski definition) is 1. The first-order chi connectivity index (χ1) is 11.8. The van der Waals surface area contributed by atoms with Gasteiger partial charge in [-0.1, -0.05) is 24.3 Å². The lowest BCUT2D eigenvalue weighted by atomic mass is 9.76. The van der Waals surface area contributed by atoms with Crippen molar-refractivity contribution in [2.45, 2.75) is 25.3 Å². The van der Waals surface area contributed by atoms with Gasteiger partial charge in [-0.25, -0.2) is 0 Å². The molecule has 2 aliphatic rings. The van der Waals surface area contributed by atoms with Crippen molar-refractivity contribution in [2.75, 3.05) is 11.9 Å². The van der Waals surface area contributed by atoms with Gasteiger partial charge < -0.3 is 10.1 Å². The van der Waals surface area contributed by atoms with Crippen molar-refractivity contribution in [3.63, 3.8) is 0 Å². The fourth-order valence-corrected chi connectivity index (χ4v) is 3.93. The lowest BCUT2D eigenvalue weighted by Gasteiger charge is -2.37. The van der Waals surface area contributed by atoms with Crippen molar-refractivity contribution in [2.24, 2.45) is 5.92 Å². The summed E-state index contributed by atoms with van der Waals surface area (Å²) in [4.78, 5) is 0. The molecule has 2 aromatic carbocycles. The molecule has 0 fully saturated rings. The maximum Gasteiger partial charge on any atom is 0.119 e. The summed E-state index contributed by atoms with van der Waals surface area (Å²) in [6.07, 6.45) is 5.63. The molecule has 0 aromatic heterocycles. The molecule has 120 valence electrons. The molecule has 3 atom stereocenters. The fraction of sp³-hybridized carbons (Fsp3) is 0.286. The Morgan fingerprint density at radius 1 is 1.21 bits per heavy atom. The molecule has 0 amide bonds. The second-order valence-corrected chi connectivity index (χ2v) is 6.39. The normalized spacial score (nSPS) is 23.8. The summed E-state index contributed by atoms with van der Waals surface area (Å²) < 4.78 is 5.55. The number of fused-ring (bicyclic) bond motifs is 3. The number of ether oxygens (including phenoxy) is 1. The highest BCUT2D eigenvalue weighted by molar-refractivity contribution is 5.62. The van der Waals surface area contributed by atoms with Crippen LogP contribution in [0.25, 0.3) is 0 Å². The number of rotatable bonds is 3. The fourth-order valence-electron chi connectivity index (χ4n) is 3.93. The van der Waals surface area contributed by atoms with E-state index in [-0.39, 0.29) is 6.04 Å². The maximum atomic E-state index is 9.18. The molecule has 2 aromatic rings. The van der Waals surface area contributed by atoms with E-state index < -0.39 is 0 Å². The standard InChI is InChI=1S/C21H20N2O/c1-2-24-16-9-7-15(8-10-16)21-18-5-3-4-17(18)19-12-14(13-22)6-11-20(19)23-21/h3-4,6-12,17-18,21,23H,2,5H2,1H3. The van der Waals surface area contributed by atoms with Gasteiger partial charge in [0.15, 0.2) is 0 Å². The van der Waals surface area contributed by atoms with Crippen molar-refractivity contribution < 1.29 is 4.74 Å². The first-order valence-corrected chi connectivity index (χ1v) is 8.50. The summed E-state index contributed by atoms with van der Waals surface area (Å²) in [5, 5.41) is 12.9. The van der Waals surface area contributed by atoms with Crippen LogP contribution in [-0.2, 0) is 0 Å². The van der Waals surface area contributed by atoms with E-state index in [9.17, 15) is 5.26 Å². The molecule has 0 radical (unpaired) electrons. The Labute approximate surface area is 142 Å². The van der Waals surface area contributed by atoms with Gasteiger partial charge in [-0.2, -0.15) is 5.26 Å². The van der Waals surface area contributed by atoms with Gasteiger partial charge in [0.2, 0.25) is 0 Å². The van der Waals surface area contributed by atoms with Crippen molar-refractivity contribution >= 4 is 5.69 Å². The molecule has 1 aliphatic heterocycles. The van der Waals surface area contributed by atoms with Gasteiger partial charge in [-0.05, 0) is 60.7 Å². The summed E-state index contributed by atoms with van der Waals surface area (Å²) in [6.45, 7) is 2.68. The molecule has 3 nitrogen and oxygen atoms in total. The van der Waals surface area contributed by atoms with E-state index in [2.05, 4.69) is 35.7 Å². The lowest BCUT2D eigenvalue weighted by Crippen LogP contribution is -2.29. The van der Waals surface area contributed by atoms with E-state index in [0.717, 1.165) is 23.4 Å². The Kier molecular flexibility index (Phi) is 3.74. The van der Waals surface area contributed by atoms with E-state index >= 15 is 0 Å². The van der Waals surface area contributed by atoms with E-state index in [1.54, 1.807) is 0 Å². The number of nitrogens with one attached hydrogen (secondary N) is 1. The third kappa shape index (κ3) is 2.45. The monoisotopic (exact) mass is 316 g/mol. The predicted molar refractivity (Wildman–Crippen MR) is 95.1 cm³/mol. The van der Waals surface area contributed by atoms with Gasteiger partial charge >= 0.3 is 0 Å². The van der Waals surface area contributed by atoms with Crippen LogP contribution in [0.5, 0.6) is 5.75 Å². The Morgan fingerprint density at radius 3 is 2.79 bits per heavy atom. The first kappa shape index (κ1) is 14.8. The molecule has 1 N–H and O–H groups in total. The van der Waals surface area contributed by atoms with Gasteiger partial charge in [-0.15, -0.1) is 0 Å². The highest BCUT2D eigenvalue weighted by Gasteiger charge is 2.37. The van der Waals surface area contributed by atoms with Crippen LogP contribution in [0.3, 0.4) is 0 Å². The molecule has 24 heavy (non-hydrogen) atoms. The third-order valence-electron chi connectivity index (χ3n) is 5.04. The topological polar surface area (TPSA) is 45.0 Å². The molecule has 1 heterocycles. The second kappa shape index (κ2) is 6.05. The quantitative estimate of drug-likeness (QED) is 0.829. The van der Waals surface area contributed by atoms with Crippen LogP contribution in [0.1, 0.15) is 42.0 Å². The Balaban J connectivity index is 1.69. The molecule has 0 bridgehead atoms. The molecule has 3 heteroatoms. The van der Waals surface area contributed by atoms with Crippen LogP contribution in [0.15, 0.2) is 54.6 Å². The number of nitriles is 1. The Hall–Kier alpha value is -2.73. The van der Waals surface area contributed by atoms with Gasteiger partial charge in [0.1, 0.15) is 5.75 Å². The molecule has 0 saturated carbocycles. The molecular weight excluding hydrogens is 296 g/mol. The van der Waals surface area contributed by atoms with Crippen molar-refractivity contribution in [1.82, 2.24) is 0 Å². The van der Waals surface area contributed by atoms with Crippen molar-refractivity contribution in [3.05, 3.63) is 71.3 Å². The smallest absolute Gasteiger partial charge is 0.119 e. The minimum Gasteiger partial charge on any atom is -0.494 e. The molecule has 0 spiro atoms. The largest absolute Gasteiger partial charge is 0.494 e. The lowest BCUT2D eigenvalue weighted by molar-refractivity contribution is 0.340. The predicted octanol–water partition coefficient (Wildman–Crippen LogP) is 4.78. The zero-order chi connectivity index (χ0) is 16.5. The van der Waals surface area contributed by atoms with E-state index in [4.69, 9.17) is 4.74 Å². The minimum atomic E-state index is 0.279. The number of anilines is 1. The SMILES string of the molecule is CCOc1ccc(C2Nc3ccc(C#N)cc3C3C=CCC32)cc1. The Bertz CT molecular complexity index is 817. The zero-order valence-corrected chi connectivity index (χ0v) is 13.7. The van der Waals surface area contributed by atoms with Crippen LogP contribution in [0, 0.1) is 17.2 Å². The van der Waals surface area contributed by atoms with Crippen molar-refractivity contribution in [1.29, 1.82) is 5.26 Å². The van der Waals surface area contributed by atoms with E-state index in [1.807, 2.05) is 37.3 Å². The van der Waals surface area contributed by atoms with Gasteiger partial charge in [0.05, 0.1) is 24.3 Å². The molecule has 4 rings (SSSR count). The van der Waals surface area contributed by atoms with Crippen LogP contribution in [0.4, 0.5) is 5.69 Å². The highest BCUT2D eigenvalue weighted by Crippen LogP contribution is 2.49. The second-order valence-electron chi connectivity index (χ2n) is 6.39. The number of allylic oxidation sites excluding steroid dienone is 2. The molecular formula is C21H20N2O. The molecule has 3 unspecified atom stereocenters. The van der Waals surface area contributed by atoms with Gasteiger partial charge in [-0.3, -0.25) is 0 Å². The molecule has 1 aliphatic carbocycles. The summed E-state index contributed by atoms with van der Waals surface area (Å²) in [6, 6.07) is 16.9. The first-order valence-electron chi connectivity index (χ1n) is 8.50. The maximum absolute atomic E-state index is 9.18. The van der Waals surface area contributed by atoms with E-state index in [0.29, 0.717) is 18.4 Å². The Morgan fingerprint density at radius 2 is 2.04 bits per heavy atom. The number of hydrogen-bond acceptors (Lipinski definition) is 3. The van der Waals surface area contributed by atoms with Crippen molar-refractivity contribution in [3.8, 4) is 11.8 Å². The van der Waals surface area contributed by atoms with Crippen LogP contribution in [-0.4, -0.2) is 6.61 Å². The van der Waals surface area contributed by atoms with E-state index in [1.165, 1.54) is 11.1 Å². The summed E-state index contributed by atoms with van der Waals surface area (Å²) in [5.41, 5.74) is 4.40. The number of benzene rings is 2. The van der Waals surface area contributed by atoms with Gasteiger partial charge in [0, 0.05) is 11.6 Å². The highest BCUT2D eigenvalue weighted by atomic mass is 16.5. The number of nitrogens with zero attached hydrogens (tertiary/aromatic N) is 1. The third-order valence-corrected chi connectivity index (χ3v) is 5.04. The zero-order valence-electron chi connectivity index (χ0n) is 13.7. The average Bonchev–Trinajstić information content (AvgIpc) is 3.12. The van der Waals surface area contributed by atoms with Crippen LogP contribution < -0.4 is 10.1 Å². The summed E-state index contributed by atoms with van der Waals surface area (Å²) in [7, 11) is 0. The van der Waals surface area contributed by atoms with Crippen LogP contribution in [0.2, 0.25) is 0 Å². The average molecular weight is 316 g/mol. The summed E-state index contributed by atoms with van der Waals surface area (Å²) >= 11 is 0.